The van der Waals surface area contributed by atoms with E-state index in [1.165, 1.54) is 0 Å². The molecule has 0 heterocycles. The first-order valence-electron chi connectivity index (χ1n) is 8.24. The number of anilines is 1. The van der Waals surface area contributed by atoms with Crippen molar-refractivity contribution in [2.24, 2.45) is 0 Å². The Hall–Kier alpha value is -2.89. The van der Waals surface area contributed by atoms with E-state index in [0.29, 0.717) is 22.9 Å². The van der Waals surface area contributed by atoms with E-state index in [0.717, 1.165) is 11.3 Å². The first-order valence-corrected chi connectivity index (χ1v) is 9.18. The number of thiocarbonyl (C=S) groups is 1. The number of rotatable bonds is 5. The summed E-state index contributed by atoms with van der Waals surface area (Å²) in [6.45, 7) is 0. The molecule has 3 rings (SSSR count). The summed E-state index contributed by atoms with van der Waals surface area (Å²) in [7, 11) is 0. The Bertz CT molecular complexity index is 948. The molecule has 0 atom stereocenters. The standard InChI is InChI=1S/C21H17ClN2O2S/c22-14-15-6-4-7-16(12-15)20(25)24-21(27)23-17-8-5-11-19(13-17)26-18-9-2-1-3-10-18/h1-13H,14H2,(H2,23,24,25,27). The van der Waals surface area contributed by atoms with Gasteiger partial charge in [0.15, 0.2) is 5.11 Å². The van der Waals surface area contributed by atoms with Crippen LogP contribution in [0.5, 0.6) is 11.5 Å². The Morgan fingerprint density at radius 1 is 0.926 bits per heavy atom. The molecule has 136 valence electrons. The number of nitrogens with one attached hydrogen (secondary N) is 2. The van der Waals surface area contributed by atoms with Crippen molar-refractivity contribution in [1.82, 2.24) is 5.32 Å². The second kappa shape index (κ2) is 9.16. The van der Waals surface area contributed by atoms with Crippen molar-refractivity contribution in [1.29, 1.82) is 0 Å². The minimum atomic E-state index is -0.295. The molecule has 27 heavy (non-hydrogen) atoms. The van der Waals surface area contributed by atoms with Gasteiger partial charge in [-0.2, -0.15) is 0 Å². The van der Waals surface area contributed by atoms with Crippen LogP contribution in [0.15, 0.2) is 78.9 Å². The lowest BCUT2D eigenvalue weighted by Gasteiger charge is -2.11. The molecule has 0 aliphatic carbocycles. The van der Waals surface area contributed by atoms with Gasteiger partial charge in [-0.1, -0.05) is 36.4 Å². The molecule has 0 saturated heterocycles. The summed E-state index contributed by atoms with van der Waals surface area (Å²) >= 11 is 11.0. The van der Waals surface area contributed by atoms with Gasteiger partial charge in [-0.25, -0.2) is 0 Å². The third-order valence-electron chi connectivity index (χ3n) is 3.64. The van der Waals surface area contributed by atoms with Crippen molar-refractivity contribution >= 4 is 40.5 Å². The number of alkyl halides is 1. The number of hydrogen-bond acceptors (Lipinski definition) is 3. The van der Waals surface area contributed by atoms with Crippen LogP contribution in [0.3, 0.4) is 0 Å². The molecule has 1 amide bonds. The van der Waals surface area contributed by atoms with Crippen LogP contribution in [0, 0.1) is 0 Å². The molecule has 4 nitrogen and oxygen atoms in total. The first-order chi connectivity index (χ1) is 13.1. The van der Waals surface area contributed by atoms with Gasteiger partial charge in [-0.15, -0.1) is 11.6 Å². The summed E-state index contributed by atoms with van der Waals surface area (Å²) in [5.41, 5.74) is 2.08. The molecule has 0 aliphatic heterocycles. The molecule has 0 fully saturated rings. The number of halogens is 1. The summed E-state index contributed by atoms with van der Waals surface area (Å²) in [5, 5.41) is 5.86. The molecule has 0 radical (unpaired) electrons. The monoisotopic (exact) mass is 396 g/mol. The van der Waals surface area contributed by atoms with Crippen LogP contribution in [0.1, 0.15) is 15.9 Å². The lowest BCUT2D eigenvalue weighted by molar-refractivity contribution is 0.0977. The Labute approximate surface area is 168 Å². The van der Waals surface area contributed by atoms with Crippen LogP contribution in [0.25, 0.3) is 0 Å². The van der Waals surface area contributed by atoms with Crippen molar-refractivity contribution < 1.29 is 9.53 Å². The second-order valence-corrected chi connectivity index (χ2v) is 6.36. The average molecular weight is 397 g/mol. The van der Waals surface area contributed by atoms with Gasteiger partial charge in [-0.3, -0.25) is 10.1 Å². The maximum atomic E-state index is 12.3. The van der Waals surface area contributed by atoms with E-state index in [1.54, 1.807) is 24.3 Å². The van der Waals surface area contributed by atoms with Gasteiger partial charge in [-0.05, 0) is 54.2 Å². The summed E-state index contributed by atoms with van der Waals surface area (Å²) in [4.78, 5) is 12.3. The van der Waals surface area contributed by atoms with Gasteiger partial charge in [0.25, 0.3) is 5.91 Å². The lowest BCUT2D eigenvalue weighted by Crippen LogP contribution is -2.34. The smallest absolute Gasteiger partial charge is 0.257 e. The molecule has 0 unspecified atom stereocenters. The summed E-state index contributed by atoms with van der Waals surface area (Å²) in [6, 6.07) is 23.9. The molecule has 3 aromatic carbocycles. The highest BCUT2D eigenvalue weighted by atomic mass is 35.5. The molecule has 6 heteroatoms. The number of para-hydroxylation sites is 1. The van der Waals surface area contributed by atoms with Crippen molar-refractivity contribution in [3.8, 4) is 11.5 Å². The van der Waals surface area contributed by atoms with E-state index in [1.807, 2.05) is 54.6 Å². The predicted octanol–water partition coefficient (Wildman–Crippen LogP) is 5.34. The Balaban J connectivity index is 1.62. The fraction of sp³-hybridized carbons (Fsp3) is 0.0476. The zero-order valence-corrected chi connectivity index (χ0v) is 15.9. The summed E-state index contributed by atoms with van der Waals surface area (Å²) in [6.07, 6.45) is 0. The maximum Gasteiger partial charge on any atom is 0.257 e. The van der Waals surface area contributed by atoms with Gasteiger partial charge in [0.1, 0.15) is 11.5 Å². The Kier molecular flexibility index (Phi) is 6.41. The molecule has 0 aliphatic rings. The van der Waals surface area contributed by atoms with Gasteiger partial charge < -0.3 is 10.1 Å². The van der Waals surface area contributed by atoms with Crippen molar-refractivity contribution in [3.05, 3.63) is 90.0 Å². The zero-order chi connectivity index (χ0) is 19.1. The molecule has 0 saturated carbocycles. The van der Waals surface area contributed by atoms with Crippen LogP contribution in [-0.4, -0.2) is 11.0 Å². The van der Waals surface area contributed by atoms with Gasteiger partial charge in [0, 0.05) is 23.2 Å². The van der Waals surface area contributed by atoms with E-state index in [-0.39, 0.29) is 11.0 Å². The first kappa shape index (κ1) is 18.9. The zero-order valence-electron chi connectivity index (χ0n) is 14.3. The molecule has 0 spiro atoms. The molecule has 2 N–H and O–H groups in total. The maximum absolute atomic E-state index is 12.3. The SMILES string of the molecule is O=C(NC(=S)Nc1cccc(Oc2ccccc2)c1)c1cccc(CCl)c1. The van der Waals surface area contributed by atoms with Crippen LogP contribution < -0.4 is 15.4 Å². The van der Waals surface area contributed by atoms with E-state index in [9.17, 15) is 4.79 Å². The highest BCUT2D eigenvalue weighted by molar-refractivity contribution is 7.80. The van der Waals surface area contributed by atoms with Crippen molar-refractivity contribution in [3.63, 3.8) is 0 Å². The van der Waals surface area contributed by atoms with E-state index in [4.69, 9.17) is 28.6 Å². The highest BCUT2D eigenvalue weighted by Crippen LogP contribution is 2.23. The number of benzene rings is 3. The number of amides is 1. The van der Waals surface area contributed by atoms with Crippen LogP contribution >= 0.6 is 23.8 Å². The van der Waals surface area contributed by atoms with Crippen LogP contribution in [0.4, 0.5) is 5.69 Å². The average Bonchev–Trinajstić information content (AvgIpc) is 2.69. The number of hydrogen-bond donors (Lipinski definition) is 2. The normalized spacial score (nSPS) is 10.1. The molecular weight excluding hydrogens is 380 g/mol. The van der Waals surface area contributed by atoms with Gasteiger partial charge in [0.2, 0.25) is 0 Å². The fourth-order valence-corrected chi connectivity index (χ4v) is 2.77. The Morgan fingerprint density at radius 2 is 1.67 bits per heavy atom. The van der Waals surface area contributed by atoms with Gasteiger partial charge in [0.05, 0.1) is 0 Å². The van der Waals surface area contributed by atoms with E-state index >= 15 is 0 Å². The van der Waals surface area contributed by atoms with Crippen LogP contribution in [0.2, 0.25) is 0 Å². The van der Waals surface area contributed by atoms with Crippen molar-refractivity contribution in [2.75, 3.05) is 5.32 Å². The highest BCUT2D eigenvalue weighted by Gasteiger charge is 2.09. The largest absolute Gasteiger partial charge is 0.457 e. The number of carbonyl (C=O) groups is 1. The molecule has 0 bridgehead atoms. The molecule has 3 aromatic rings. The number of ether oxygens (including phenoxy) is 1. The lowest BCUT2D eigenvalue weighted by atomic mass is 10.1. The second-order valence-electron chi connectivity index (χ2n) is 5.69. The Morgan fingerprint density at radius 3 is 2.44 bits per heavy atom. The third-order valence-corrected chi connectivity index (χ3v) is 4.15. The van der Waals surface area contributed by atoms with E-state index < -0.39 is 0 Å². The van der Waals surface area contributed by atoms with E-state index in [2.05, 4.69) is 10.6 Å². The van der Waals surface area contributed by atoms with Gasteiger partial charge >= 0.3 is 0 Å². The minimum Gasteiger partial charge on any atom is -0.457 e. The fourth-order valence-electron chi connectivity index (χ4n) is 2.40. The number of carbonyl (C=O) groups excluding carboxylic acids is 1. The quantitative estimate of drug-likeness (QED) is 0.451. The molecular formula is C21H17ClN2O2S. The summed E-state index contributed by atoms with van der Waals surface area (Å²) < 4.78 is 5.79. The topological polar surface area (TPSA) is 50.4 Å². The van der Waals surface area contributed by atoms with Crippen LogP contribution in [-0.2, 0) is 5.88 Å². The van der Waals surface area contributed by atoms with Crippen molar-refractivity contribution in [2.45, 2.75) is 5.88 Å². The third kappa shape index (κ3) is 5.54. The molecule has 0 aromatic heterocycles. The minimum absolute atomic E-state index is 0.202. The summed E-state index contributed by atoms with van der Waals surface area (Å²) in [5.74, 6) is 1.45. The predicted molar refractivity (Wildman–Crippen MR) is 113 cm³/mol.